The number of nitrogens with one attached hydrogen (secondary N) is 1. The smallest absolute Gasteiger partial charge is 0.328 e. The van der Waals surface area contributed by atoms with E-state index in [1.165, 1.54) is 12.0 Å². The molecule has 8 heteroatoms. The number of aromatic nitrogens is 1. The van der Waals surface area contributed by atoms with Gasteiger partial charge >= 0.3 is 5.97 Å². The topological polar surface area (TPSA) is 62.4 Å². The SMILES string of the molecule is COC(=O)[C@@H]1Cc2c([nH]c3ccccc23)C(c2cc(F)ccc2F)N1C(=O)CCl. The van der Waals surface area contributed by atoms with Crippen LogP contribution in [0.1, 0.15) is 22.9 Å². The molecule has 1 amide bonds. The second-order valence-corrected chi connectivity index (χ2v) is 7.08. The minimum absolute atomic E-state index is 0.0649. The Labute approximate surface area is 170 Å². The van der Waals surface area contributed by atoms with E-state index in [1.807, 2.05) is 24.3 Å². The zero-order valence-electron chi connectivity index (χ0n) is 15.4. The highest BCUT2D eigenvalue weighted by Crippen LogP contribution is 2.42. The van der Waals surface area contributed by atoms with Gasteiger partial charge < -0.3 is 14.6 Å². The van der Waals surface area contributed by atoms with Crippen molar-refractivity contribution in [2.75, 3.05) is 13.0 Å². The van der Waals surface area contributed by atoms with Gasteiger partial charge in [0.2, 0.25) is 5.91 Å². The summed E-state index contributed by atoms with van der Waals surface area (Å²) in [6.45, 7) is 0. The molecule has 1 N–H and O–H groups in total. The third-order valence-corrected chi connectivity index (χ3v) is 5.49. The van der Waals surface area contributed by atoms with Crippen molar-refractivity contribution in [3.63, 3.8) is 0 Å². The number of fused-ring (bicyclic) bond motifs is 3. The van der Waals surface area contributed by atoms with Gasteiger partial charge in [0.05, 0.1) is 7.11 Å². The number of para-hydroxylation sites is 1. The van der Waals surface area contributed by atoms with Gasteiger partial charge in [-0.25, -0.2) is 13.6 Å². The molecule has 0 aliphatic carbocycles. The molecule has 2 heterocycles. The van der Waals surface area contributed by atoms with Crippen molar-refractivity contribution in [2.24, 2.45) is 0 Å². The van der Waals surface area contributed by atoms with E-state index in [9.17, 15) is 18.4 Å². The normalized spacial score (nSPS) is 18.6. The van der Waals surface area contributed by atoms with Crippen LogP contribution in [0.3, 0.4) is 0 Å². The fraction of sp³-hybridized carbons (Fsp3) is 0.238. The highest BCUT2D eigenvalue weighted by Gasteiger charge is 2.44. The molecule has 1 unspecified atom stereocenters. The van der Waals surface area contributed by atoms with Crippen LogP contribution in [0, 0.1) is 11.6 Å². The molecule has 0 fully saturated rings. The number of amides is 1. The third kappa shape index (κ3) is 3.15. The predicted molar refractivity (Wildman–Crippen MR) is 104 cm³/mol. The van der Waals surface area contributed by atoms with E-state index < -0.39 is 41.5 Å². The number of H-pyrrole nitrogens is 1. The van der Waals surface area contributed by atoms with Crippen LogP contribution in [0.4, 0.5) is 8.78 Å². The number of rotatable bonds is 3. The van der Waals surface area contributed by atoms with Crippen LogP contribution in [-0.4, -0.2) is 40.8 Å². The van der Waals surface area contributed by atoms with Crippen LogP contribution >= 0.6 is 11.6 Å². The molecule has 1 aromatic heterocycles. The summed E-state index contributed by atoms with van der Waals surface area (Å²) in [6, 6.07) is 8.34. The number of alkyl halides is 1. The summed E-state index contributed by atoms with van der Waals surface area (Å²) in [7, 11) is 1.22. The number of carbonyl (C=O) groups is 2. The van der Waals surface area contributed by atoms with Gasteiger partial charge in [-0.3, -0.25) is 4.79 Å². The van der Waals surface area contributed by atoms with Crippen molar-refractivity contribution in [1.82, 2.24) is 9.88 Å². The zero-order chi connectivity index (χ0) is 20.7. The minimum Gasteiger partial charge on any atom is -0.467 e. The van der Waals surface area contributed by atoms with Crippen LogP contribution in [0.5, 0.6) is 0 Å². The van der Waals surface area contributed by atoms with Crippen LogP contribution in [-0.2, 0) is 20.7 Å². The molecule has 0 saturated carbocycles. The molecular formula is C21H17ClF2N2O3. The molecule has 0 radical (unpaired) electrons. The van der Waals surface area contributed by atoms with Crippen molar-refractivity contribution < 1.29 is 23.1 Å². The van der Waals surface area contributed by atoms with Crippen LogP contribution in [0.15, 0.2) is 42.5 Å². The Morgan fingerprint density at radius 1 is 1.24 bits per heavy atom. The Morgan fingerprint density at radius 2 is 2.00 bits per heavy atom. The number of ether oxygens (including phenoxy) is 1. The first kappa shape index (κ1) is 19.4. The van der Waals surface area contributed by atoms with E-state index in [0.29, 0.717) is 5.69 Å². The number of methoxy groups -OCH3 is 1. The number of benzene rings is 2. The molecule has 0 spiro atoms. The predicted octanol–water partition coefficient (Wildman–Crippen LogP) is 3.70. The van der Waals surface area contributed by atoms with Crippen molar-refractivity contribution in [1.29, 1.82) is 0 Å². The number of hydrogen-bond acceptors (Lipinski definition) is 3. The fourth-order valence-electron chi connectivity index (χ4n) is 4.03. The highest BCUT2D eigenvalue weighted by atomic mass is 35.5. The van der Waals surface area contributed by atoms with E-state index in [-0.39, 0.29) is 12.0 Å². The summed E-state index contributed by atoms with van der Waals surface area (Å²) >= 11 is 5.81. The monoisotopic (exact) mass is 418 g/mol. The lowest BCUT2D eigenvalue weighted by Crippen LogP contribution is -2.52. The maximum Gasteiger partial charge on any atom is 0.328 e. The molecule has 3 aromatic rings. The van der Waals surface area contributed by atoms with E-state index in [2.05, 4.69) is 4.98 Å². The highest BCUT2D eigenvalue weighted by molar-refractivity contribution is 6.27. The molecule has 29 heavy (non-hydrogen) atoms. The van der Waals surface area contributed by atoms with E-state index in [4.69, 9.17) is 16.3 Å². The first-order chi connectivity index (χ1) is 14.0. The average molecular weight is 419 g/mol. The minimum atomic E-state index is -1.06. The number of halogens is 3. The quantitative estimate of drug-likeness (QED) is 0.521. The van der Waals surface area contributed by atoms with Crippen LogP contribution in [0.2, 0.25) is 0 Å². The molecule has 150 valence electrons. The fourth-order valence-corrected chi connectivity index (χ4v) is 4.17. The number of nitrogens with zero attached hydrogens (tertiary/aromatic N) is 1. The summed E-state index contributed by atoms with van der Waals surface area (Å²) in [5.41, 5.74) is 1.98. The van der Waals surface area contributed by atoms with Crippen molar-refractivity contribution >= 4 is 34.4 Å². The average Bonchev–Trinajstić information content (AvgIpc) is 3.11. The number of hydrogen-bond donors (Lipinski definition) is 1. The van der Waals surface area contributed by atoms with Gasteiger partial charge in [0, 0.05) is 28.6 Å². The molecule has 0 bridgehead atoms. The zero-order valence-corrected chi connectivity index (χ0v) is 16.2. The maximum atomic E-state index is 14.8. The van der Waals surface area contributed by atoms with Crippen LogP contribution < -0.4 is 0 Å². The molecule has 5 nitrogen and oxygen atoms in total. The molecule has 2 atom stereocenters. The lowest BCUT2D eigenvalue weighted by Gasteiger charge is -2.40. The Morgan fingerprint density at radius 3 is 2.72 bits per heavy atom. The second kappa shape index (κ2) is 7.48. The first-order valence-electron chi connectivity index (χ1n) is 8.95. The lowest BCUT2D eigenvalue weighted by atomic mass is 9.87. The van der Waals surface area contributed by atoms with Gasteiger partial charge in [-0.2, -0.15) is 0 Å². The Bertz CT molecular complexity index is 1110. The van der Waals surface area contributed by atoms with E-state index >= 15 is 0 Å². The van der Waals surface area contributed by atoms with Gasteiger partial charge in [-0.15, -0.1) is 11.6 Å². The third-order valence-electron chi connectivity index (χ3n) is 5.26. The number of esters is 1. The van der Waals surface area contributed by atoms with Crippen molar-refractivity contribution in [2.45, 2.75) is 18.5 Å². The summed E-state index contributed by atoms with van der Waals surface area (Å²) in [6.07, 6.45) is 0.169. The van der Waals surface area contributed by atoms with E-state index in [0.717, 1.165) is 34.7 Å². The standard InChI is InChI=1S/C21H17ClF2N2O3/c1-29-21(28)17-9-13-12-4-2-3-5-16(12)25-19(13)20(26(17)18(27)10-22)14-8-11(23)6-7-15(14)24/h2-8,17,20,25H,9-10H2,1H3/t17-,20?/m0/s1. The van der Waals surface area contributed by atoms with Gasteiger partial charge in [0.1, 0.15) is 29.6 Å². The van der Waals surface area contributed by atoms with Crippen molar-refractivity contribution in [3.8, 4) is 0 Å². The largest absolute Gasteiger partial charge is 0.467 e. The summed E-state index contributed by atoms with van der Waals surface area (Å²) in [5, 5.41) is 0.844. The van der Waals surface area contributed by atoms with Gasteiger partial charge in [0.25, 0.3) is 0 Å². The summed E-state index contributed by atoms with van der Waals surface area (Å²) in [5.74, 6) is -3.01. The lowest BCUT2D eigenvalue weighted by molar-refractivity contribution is -0.154. The molecule has 1 aliphatic rings. The molecule has 4 rings (SSSR count). The first-order valence-corrected chi connectivity index (χ1v) is 9.49. The molecule has 1 aliphatic heterocycles. The van der Waals surface area contributed by atoms with Crippen molar-refractivity contribution in [3.05, 3.63) is 70.9 Å². The molecule has 0 saturated heterocycles. The summed E-state index contributed by atoms with van der Waals surface area (Å²) in [4.78, 5) is 29.7. The molecule has 2 aromatic carbocycles. The van der Waals surface area contributed by atoms with Gasteiger partial charge in [-0.1, -0.05) is 18.2 Å². The Kier molecular flexibility index (Phi) is 5.00. The van der Waals surface area contributed by atoms with Gasteiger partial charge in [-0.05, 0) is 29.8 Å². The number of aromatic amines is 1. The van der Waals surface area contributed by atoms with E-state index in [1.54, 1.807) is 0 Å². The second-order valence-electron chi connectivity index (χ2n) is 6.81. The molecular weight excluding hydrogens is 402 g/mol. The Hall–Kier alpha value is -2.93. The Balaban J connectivity index is 2.03. The summed E-state index contributed by atoms with van der Waals surface area (Å²) < 4.78 is 33.7. The van der Waals surface area contributed by atoms with Gasteiger partial charge in [0.15, 0.2) is 0 Å². The number of carbonyl (C=O) groups excluding carboxylic acids is 2. The maximum absolute atomic E-state index is 14.8. The van der Waals surface area contributed by atoms with Crippen LogP contribution in [0.25, 0.3) is 10.9 Å².